The fourth-order valence-corrected chi connectivity index (χ4v) is 4.42. The van der Waals surface area contributed by atoms with Gasteiger partial charge >= 0.3 is 0 Å². The van der Waals surface area contributed by atoms with Gasteiger partial charge in [-0.2, -0.15) is 0 Å². The molecule has 1 heterocycles. The average molecular weight is 492 g/mol. The Balaban J connectivity index is 2.01. The van der Waals surface area contributed by atoms with E-state index in [1.165, 1.54) is 24.1 Å². The summed E-state index contributed by atoms with van der Waals surface area (Å²) in [7, 11) is 1.47. The van der Waals surface area contributed by atoms with Crippen molar-refractivity contribution in [2.24, 2.45) is 0 Å². The zero-order chi connectivity index (χ0) is 25.5. The molecule has 0 bridgehead atoms. The van der Waals surface area contributed by atoms with Crippen LogP contribution in [-0.2, 0) is 15.0 Å². The van der Waals surface area contributed by atoms with E-state index in [-0.39, 0.29) is 22.5 Å². The number of aliphatic hydroxyl groups is 1. The number of amides is 1. The fraction of sp³-hybridized carbons (Fsp3) is 0.214. The number of aliphatic hydroxyl groups excluding tert-OH is 1. The number of methoxy groups -OCH3 is 1. The molecule has 0 aromatic heterocycles. The number of Topliss-reactive ketones (excluding diaryl/α,β-unsaturated/α-hetero) is 1. The Morgan fingerprint density at radius 2 is 1.71 bits per heavy atom. The van der Waals surface area contributed by atoms with Crippen LogP contribution in [0.4, 0.5) is 5.69 Å². The molecule has 0 radical (unpaired) electrons. The molecule has 3 aromatic carbocycles. The second-order valence-electron chi connectivity index (χ2n) is 9.41. The van der Waals surface area contributed by atoms with E-state index in [4.69, 9.17) is 16.3 Å². The van der Waals surface area contributed by atoms with Crippen molar-refractivity contribution < 1.29 is 24.5 Å². The molecular weight excluding hydrogens is 466 g/mol. The van der Waals surface area contributed by atoms with Gasteiger partial charge in [0.2, 0.25) is 0 Å². The number of rotatable bonds is 4. The largest absolute Gasteiger partial charge is 0.508 e. The summed E-state index contributed by atoms with van der Waals surface area (Å²) in [5.41, 5.74) is 1.72. The number of ketones is 1. The van der Waals surface area contributed by atoms with Crippen molar-refractivity contribution in [1.82, 2.24) is 0 Å². The van der Waals surface area contributed by atoms with Crippen molar-refractivity contribution in [3.05, 3.63) is 94.0 Å². The molecule has 180 valence electrons. The molecule has 1 fully saturated rings. The molecule has 0 saturated carbocycles. The summed E-state index contributed by atoms with van der Waals surface area (Å²) < 4.78 is 5.48. The minimum atomic E-state index is -0.997. The van der Waals surface area contributed by atoms with Crippen LogP contribution in [0.1, 0.15) is 43.5 Å². The van der Waals surface area contributed by atoms with E-state index >= 15 is 0 Å². The van der Waals surface area contributed by atoms with E-state index in [0.717, 1.165) is 5.56 Å². The SMILES string of the molecule is COc1ccc(C(C)(C)C)cc1/C(O)=C1\C(=O)C(=O)N(c2cccc(Cl)c2)C1c1cccc(O)c1. The molecule has 1 saturated heterocycles. The summed E-state index contributed by atoms with van der Waals surface area (Å²) in [6, 6.07) is 17.2. The van der Waals surface area contributed by atoms with E-state index < -0.39 is 17.7 Å². The predicted octanol–water partition coefficient (Wildman–Crippen LogP) is 5.98. The number of aromatic hydroxyl groups is 1. The van der Waals surface area contributed by atoms with Gasteiger partial charge in [0.25, 0.3) is 11.7 Å². The summed E-state index contributed by atoms with van der Waals surface area (Å²) in [5, 5.41) is 22.1. The molecule has 1 aliphatic heterocycles. The maximum Gasteiger partial charge on any atom is 0.300 e. The van der Waals surface area contributed by atoms with Crippen molar-refractivity contribution in [2.45, 2.75) is 32.2 Å². The highest BCUT2D eigenvalue weighted by Crippen LogP contribution is 2.44. The van der Waals surface area contributed by atoms with Crippen LogP contribution in [-0.4, -0.2) is 29.0 Å². The molecular formula is C28H26ClNO5. The lowest BCUT2D eigenvalue weighted by Gasteiger charge is -2.26. The van der Waals surface area contributed by atoms with Gasteiger partial charge in [0, 0.05) is 10.7 Å². The van der Waals surface area contributed by atoms with Crippen LogP contribution >= 0.6 is 11.6 Å². The highest BCUT2D eigenvalue weighted by molar-refractivity contribution is 6.51. The molecule has 3 aromatic rings. The van der Waals surface area contributed by atoms with Crippen LogP contribution in [0.25, 0.3) is 5.76 Å². The maximum atomic E-state index is 13.4. The third kappa shape index (κ3) is 4.49. The summed E-state index contributed by atoms with van der Waals surface area (Å²) in [6.45, 7) is 6.09. The van der Waals surface area contributed by atoms with Crippen LogP contribution in [0.3, 0.4) is 0 Å². The second kappa shape index (κ2) is 9.12. The lowest BCUT2D eigenvalue weighted by atomic mass is 9.85. The Bertz CT molecular complexity index is 1360. The first kappa shape index (κ1) is 24.4. The number of ether oxygens (including phenoxy) is 1. The molecule has 35 heavy (non-hydrogen) atoms. The molecule has 1 amide bonds. The fourth-order valence-electron chi connectivity index (χ4n) is 4.24. The Labute approximate surface area is 209 Å². The molecule has 0 aliphatic carbocycles. The Hall–Kier alpha value is -3.77. The van der Waals surface area contributed by atoms with Crippen molar-refractivity contribution >= 4 is 34.7 Å². The van der Waals surface area contributed by atoms with Crippen LogP contribution in [0, 0.1) is 0 Å². The molecule has 1 unspecified atom stereocenters. The van der Waals surface area contributed by atoms with Gasteiger partial charge in [-0.25, -0.2) is 0 Å². The molecule has 0 spiro atoms. The van der Waals surface area contributed by atoms with E-state index in [1.54, 1.807) is 48.5 Å². The zero-order valence-electron chi connectivity index (χ0n) is 19.9. The van der Waals surface area contributed by atoms with Crippen LogP contribution < -0.4 is 9.64 Å². The minimum Gasteiger partial charge on any atom is -0.508 e. The van der Waals surface area contributed by atoms with Gasteiger partial charge in [-0.1, -0.05) is 56.6 Å². The summed E-state index contributed by atoms with van der Waals surface area (Å²) >= 11 is 6.18. The normalized spacial score (nSPS) is 17.6. The Morgan fingerprint density at radius 3 is 2.34 bits per heavy atom. The first-order valence-corrected chi connectivity index (χ1v) is 11.4. The van der Waals surface area contributed by atoms with E-state index in [1.807, 2.05) is 26.8 Å². The van der Waals surface area contributed by atoms with Crippen molar-refractivity contribution in [2.75, 3.05) is 12.0 Å². The molecule has 1 atom stereocenters. The van der Waals surface area contributed by atoms with Crippen LogP contribution in [0.5, 0.6) is 11.5 Å². The van der Waals surface area contributed by atoms with Gasteiger partial charge in [-0.05, 0) is 59.0 Å². The van der Waals surface area contributed by atoms with Gasteiger partial charge in [-0.15, -0.1) is 0 Å². The first-order valence-electron chi connectivity index (χ1n) is 11.1. The van der Waals surface area contributed by atoms with Gasteiger partial charge in [-0.3, -0.25) is 14.5 Å². The van der Waals surface area contributed by atoms with Crippen molar-refractivity contribution in [1.29, 1.82) is 0 Å². The van der Waals surface area contributed by atoms with E-state index in [9.17, 15) is 19.8 Å². The number of hydrogen-bond donors (Lipinski definition) is 2. The predicted molar refractivity (Wildman–Crippen MR) is 136 cm³/mol. The third-order valence-corrected chi connectivity index (χ3v) is 6.27. The van der Waals surface area contributed by atoms with Gasteiger partial charge in [0.05, 0.1) is 24.3 Å². The third-order valence-electron chi connectivity index (χ3n) is 6.04. The Morgan fingerprint density at radius 1 is 1.00 bits per heavy atom. The van der Waals surface area contributed by atoms with E-state index in [0.29, 0.717) is 27.6 Å². The number of phenolic OH excluding ortho intramolecular Hbond substituents is 1. The quantitative estimate of drug-likeness (QED) is 0.266. The number of anilines is 1. The van der Waals surface area contributed by atoms with Crippen LogP contribution in [0.2, 0.25) is 5.02 Å². The van der Waals surface area contributed by atoms with Gasteiger partial charge < -0.3 is 14.9 Å². The lowest BCUT2D eigenvalue weighted by molar-refractivity contribution is -0.132. The molecule has 2 N–H and O–H groups in total. The summed E-state index contributed by atoms with van der Waals surface area (Å²) in [6.07, 6.45) is 0. The minimum absolute atomic E-state index is 0.0357. The summed E-state index contributed by atoms with van der Waals surface area (Å²) in [4.78, 5) is 28.0. The number of nitrogens with zero attached hydrogens (tertiary/aromatic N) is 1. The van der Waals surface area contributed by atoms with Crippen molar-refractivity contribution in [3.8, 4) is 11.5 Å². The molecule has 4 rings (SSSR count). The average Bonchev–Trinajstić information content (AvgIpc) is 3.08. The number of phenols is 1. The topological polar surface area (TPSA) is 87.1 Å². The monoisotopic (exact) mass is 491 g/mol. The Kier molecular flexibility index (Phi) is 6.34. The van der Waals surface area contributed by atoms with Gasteiger partial charge in [0.1, 0.15) is 17.3 Å². The lowest BCUT2D eigenvalue weighted by Crippen LogP contribution is -2.29. The highest BCUT2D eigenvalue weighted by atomic mass is 35.5. The smallest absolute Gasteiger partial charge is 0.300 e. The number of halogens is 1. The van der Waals surface area contributed by atoms with Crippen LogP contribution in [0.15, 0.2) is 72.3 Å². The number of hydrogen-bond acceptors (Lipinski definition) is 5. The van der Waals surface area contributed by atoms with Gasteiger partial charge in [0.15, 0.2) is 0 Å². The summed E-state index contributed by atoms with van der Waals surface area (Å²) in [5.74, 6) is -1.69. The highest BCUT2D eigenvalue weighted by Gasteiger charge is 2.47. The zero-order valence-corrected chi connectivity index (χ0v) is 20.6. The van der Waals surface area contributed by atoms with E-state index in [2.05, 4.69) is 0 Å². The second-order valence-corrected chi connectivity index (χ2v) is 9.85. The number of benzene rings is 3. The van der Waals surface area contributed by atoms with Crippen molar-refractivity contribution in [3.63, 3.8) is 0 Å². The number of carbonyl (C=O) groups excluding carboxylic acids is 2. The molecule has 1 aliphatic rings. The molecule has 6 nitrogen and oxygen atoms in total. The molecule has 7 heteroatoms. The number of carbonyl (C=O) groups is 2. The maximum absolute atomic E-state index is 13.4. The first-order chi connectivity index (χ1) is 16.5. The standard InChI is InChI=1S/C28H26ClNO5/c1-28(2,3)17-11-12-22(35-4)21(14-17)25(32)23-24(16-7-5-10-20(31)13-16)30(27(34)26(23)33)19-9-6-8-18(29)15-19/h5-15,24,31-32H,1-4H3/b25-23+.